The minimum atomic E-state index is -0.257. The predicted molar refractivity (Wildman–Crippen MR) is 70.8 cm³/mol. The highest BCUT2D eigenvalue weighted by Crippen LogP contribution is 2.29. The van der Waals surface area contributed by atoms with Crippen LogP contribution in [-0.4, -0.2) is 42.6 Å². The van der Waals surface area contributed by atoms with Crippen molar-refractivity contribution < 1.29 is 9.53 Å². The van der Waals surface area contributed by atoms with Crippen molar-refractivity contribution in [3.8, 4) is 0 Å². The van der Waals surface area contributed by atoms with E-state index in [1.807, 2.05) is 6.92 Å². The first-order valence-corrected chi connectivity index (χ1v) is 6.63. The Labute approximate surface area is 105 Å². The van der Waals surface area contributed by atoms with E-state index >= 15 is 0 Å². The van der Waals surface area contributed by atoms with Crippen LogP contribution in [0, 0.1) is 5.92 Å². The van der Waals surface area contributed by atoms with Gasteiger partial charge in [-0.3, -0.25) is 9.69 Å². The van der Waals surface area contributed by atoms with Crippen LogP contribution in [-0.2, 0) is 9.53 Å². The van der Waals surface area contributed by atoms with Gasteiger partial charge in [-0.15, -0.1) is 0 Å². The molecule has 102 valence electrons. The minimum absolute atomic E-state index is 0.175. The van der Waals surface area contributed by atoms with Crippen LogP contribution in [0.3, 0.4) is 0 Å². The van der Waals surface area contributed by atoms with Crippen molar-refractivity contribution >= 4 is 5.97 Å². The third-order valence-corrected chi connectivity index (χ3v) is 3.76. The van der Waals surface area contributed by atoms with E-state index in [9.17, 15) is 4.79 Å². The Morgan fingerprint density at radius 2 is 1.82 bits per heavy atom. The van der Waals surface area contributed by atoms with Crippen molar-refractivity contribution in [2.45, 2.75) is 46.6 Å². The average Bonchev–Trinajstić information content (AvgIpc) is 2.31. The van der Waals surface area contributed by atoms with Crippen LogP contribution in [0.15, 0.2) is 0 Å². The van der Waals surface area contributed by atoms with Crippen molar-refractivity contribution in [1.29, 1.82) is 0 Å². The number of rotatable bonds is 8. The summed E-state index contributed by atoms with van der Waals surface area (Å²) in [7, 11) is 0. The monoisotopic (exact) mass is 244 g/mol. The van der Waals surface area contributed by atoms with Crippen LogP contribution >= 0.6 is 0 Å². The molecular formula is C13H28N2O2. The quantitative estimate of drug-likeness (QED) is 0.659. The summed E-state index contributed by atoms with van der Waals surface area (Å²) in [5, 5.41) is 0. The molecular weight excluding hydrogens is 216 g/mol. The summed E-state index contributed by atoms with van der Waals surface area (Å²) in [6.45, 7) is 12.8. The molecule has 0 amide bonds. The number of carbonyl (C=O) groups excluding carboxylic acids is 1. The Hall–Kier alpha value is -0.610. The second-order valence-corrected chi connectivity index (χ2v) is 4.42. The summed E-state index contributed by atoms with van der Waals surface area (Å²) in [6, 6.07) is 0. The first kappa shape index (κ1) is 16.4. The van der Waals surface area contributed by atoms with Crippen molar-refractivity contribution in [3.63, 3.8) is 0 Å². The zero-order valence-corrected chi connectivity index (χ0v) is 12.0. The van der Waals surface area contributed by atoms with Crippen LogP contribution in [0.25, 0.3) is 0 Å². The normalized spacial score (nSPS) is 16.6. The lowest BCUT2D eigenvalue weighted by atomic mass is 9.81. The third-order valence-electron chi connectivity index (χ3n) is 3.76. The third kappa shape index (κ3) is 3.68. The molecule has 0 fully saturated rings. The predicted octanol–water partition coefficient (Wildman–Crippen LogP) is 1.63. The SMILES string of the molecule is CCOC(=O)[C@H](CN)[C@](C)(CC)N(CC)CC. The molecule has 0 aliphatic carbocycles. The van der Waals surface area contributed by atoms with Crippen LogP contribution in [0.4, 0.5) is 0 Å². The van der Waals surface area contributed by atoms with Gasteiger partial charge >= 0.3 is 5.97 Å². The Morgan fingerprint density at radius 3 is 2.12 bits per heavy atom. The fourth-order valence-corrected chi connectivity index (χ4v) is 2.48. The molecule has 0 bridgehead atoms. The highest BCUT2D eigenvalue weighted by Gasteiger charge is 2.41. The van der Waals surface area contributed by atoms with E-state index in [-0.39, 0.29) is 17.4 Å². The molecule has 17 heavy (non-hydrogen) atoms. The van der Waals surface area contributed by atoms with Gasteiger partial charge in [0, 0.05) is 12.1 Å². The van der Waals surface area contributed by atoms with E-state index < -0.39 is 0 Å². The molecule has 0 aromatic heterocycles. The Morgan fingerprint density at radius 1 is 1.29 bits per heavy atom. The first-order valence-electron chi connectivity index (χ1n) is 6.63. The van der Waals surface area contributed by atoms with Gasteiger partial charge in [0.1, 0.15) is 0 Å². The largest absolute Gasteiger partial charge is 0.466 e. The number of carbonyl (C=O) groups is 1. The van der Waals surface area contributed by atoms with E-state index in [0.29, 0.717) is 13.2 Å². The van der Waals surface area contributed by atoms with Gasteiger partial charge in [-0.1, -0.05) is 20.8 Å². The summed E-state index contributed by atoms with van der Waals surface area (Å²) in [5.41, 5.74) is 5.57. The van der Waals surface area contributed by atoms with Crippen molar-refractivity contribution in [2.24, 2.45) is 11.7 Å². The molecule has 0 saturated carbocycles. The molecule has 0 unspecified atom stereocenters. The zero-order valence-electron chi connectivity index (χ0n) is 12.0. The molecule has 0 aromatic rings. The average molecular weight is 244 g/mol. The van der Waals surface area contributed by atoms with Crippen LogP contribution in [0.1, 0.15) is 41.0 Å². The molecule has 4 nitrogen and oxygen atoms in total. The molecule has 0 heterocycles. The van der Waals surface area contributed by atoms with Crippen LogP contribution in [0.5, 0.6) is 0 Å². The zero-order chi connectivity index (χ0) is 13.5. The molecule has 0 radical (unpaired) electrons. The van der Waals surface area contributed by atoms with Gasteiger partial charge in [0.2, 0.25) is 0 Å². The van der Waals surface area contributed by atoms with E-state index in [1.165, 1.54) is 0 Å². The minimum Gasteiger partial charge on any atom is -0.466 e. The maximum absolute atomic E-state index is 12.0. The molecule has 2 atom stereocenters. The van der Waals surface area contributed by atoms with E-state index in [2.05, 4.69) is 32.6 Å². The molecule has 0 aliphatic heterocycles. The van der Waals surface area contributed by atoms with Crippen LogP contribution < -0.4 is 5.73 Å². The number of ether oxygens (including phenoxy) is 1. The maximum atomic E-state index is 12.0. The standard InChI is InChI=1S/C13H28N2O2/c1-6-13(5,15(7-2)8-3)11(10-14)12(16)17-9-4/h11H,6-10,14H2,1-5H3/t11-,13-/m0/s1. The number of esters is 1. The fourth-order valence-electron chi connectivity index (χ4n) is 2.48. The van der Waals surface area contributed by atoms with E-state index in [0.717, 1.165) is 19.5 Å². The molecule has 0 aromatic carbocycles. The van der Waals surface area contributed by atoms with Gasteiger partial charge in [0.15, 0.2) is 0 Å². The fraction of sp³-hybridized carbons (Fsp3) is 0.923. The summed E-state index contributed by atoms with van der Waals surface area (Å²) < 4.78 is 5.14. The molecule has 4 heteroatoms. The first-order chi connectivity index (χ1) is 8.01. The van der Waals surface area contributed by atoms with Gasteiger partial charge < -0.3 is 10.5 Å². The molecule has 2 N–H and O–H groups in total. The number of hydrogen-bond acceptors (Lipinski definition) is 4. The van der Waals surface area contributed by atoms with Crippen molar-refractivity contribution in [3.05, 3.63) is 0 Å². The molecule has 0 saturated heterocycles. The van der Waals surface area contributed by atoms with E-state index in [4.69, 9.17) is 10.5 Å². The lowest BCUT2D eigenvalue weighted by Crippen LogP contribution is -2.56. The second kappa shape index (κ2) is 7.67. The smallest absolute Gasteiger partial charge is 0.312 e. The van der Waals surface area contributed by atoms with Crippen LogP contribution in [0.2, 0.25) is 0 Å². The highest BCUT2D eigenvalue weighted by molar-refractivity contribution is 5.74. The Bertz CT molecular complexity index is 229. The molecule has 0 aliphatic rings. The lowest BCUT2D eigenvalue weighted by molar-refractivity contribution is -0.153. The summed E-state index contributed by atoms with van der Waals surface area (Å²) in [5.74, 6) is -0.432. The number of nitrogens with two attached hydrogens (primary N) is 1. The molecule has 0 spiro atoms. The Balaban J connectivity index is 5.07. The van der Waals surface area contributed by atoms with Gasteiger partial charge in [-0.05, 0) is 33.4 Å². The summed E-state index contributed by atoms with van der Waals surface area (Å²) in [6.07, 6.45) is 0.884. The van der Waals surface area contributed by atoms with E-state index in [1.54, 1.807) is 0 Å². The highest BCUT2D eigenvalue weighted by atomic mass is 16.5. The maximum Gasteiger partial charge on any atom is 0.312 e. The van der Waals surface area contributed by atoms with Crippen molar-refractivity contribution in [2.75, 3.05) is 26.2 Å². The number of nitrogens with zero attached hydrogens (tertiary/aromatic N) is 1. The molecule has 0 rings (SSSR count). The lowest BCUT2D eigenvalue weighted by Gasteiger charge is -2.44. The summed E-state index contributed by atoms with van der Waals surface area (Å²) >= 11 is 0. The van der Waals surface area contributed by atoms with Gasteiger partial charge in [-0.2, -0.15) is 0 Å². The van der Waals surface area contributed by atoms with Gasteiger partial charge in [-0.25, -0.2) is 0 Å². The van der Waals surface area contributed by atoms with Gasteiger partial charge in [0.25, 0.3) is 0 Å². The topological polar surface area (TPSA) is 55.6 Å². The van der Waals surface area contributed by atoms with Crippen molar-refractivity contribution in [1.82, 2.24) is 4.90 Å². The number of hydrogen-bond donors (Lipinski definition) is 1. The Kier molecular flexibility index (Phi) is 7.39. The summed E-state index contributed by atoms with van der Waals surface area (Å²) in [4.78, 5) is 14.3. The second-order valence-electron chi connectivity index (χ2n) is 4.42. The van der Waals surface area contributed by atoms with Gasteiger partial charge in [0.05, 0.1) is 12.5 Å².